The number of nitrogens with one attached hydrogen (secondary N) is 4. The first-order valence-corrected chi connectivity index (χ1v) is 17.1. The summed E-state index contributed by atoms with van der Waals surface area (Å²) in [5, 5.41) is 28.9. The summed E-state index contributed by atoms with van der Waals surface area (Å²) in [6.45, 7) is 5.30. The second-order valence-electron chi connectivity index (χ2n) is 13.1. The zero-order valence-corrected chi connectivity index (χ0v) is 31.6. The maximum Gasteiger partial charge on any atom is 1.00 e. The van der Waals surface area contributed by atoms with E-state index in [4.69, 9.17) is 0 Å². The molecule has 0 bridgehead atoms. The SMILES string of the molecule is CC(=O)N1CCCC1C(=O)Nc1ccc(-c2ccc(C(=O)NC(C(=O)NC3C(=O)N4C3SC(C)(C)C4C(=O)[O-])c3ccc(O)cc3)c(=O)[nH]2)cc1.[Na+]. The number of pyridine rings is 1. The van der Waals surface area contributed by atoms with Crippen molar-refractivity contribution in [1.82, 2.24) is 25.4 Å². The topological polar surface area (TPSA) is 221 Å². The summed E-state index contributed by atoms with van der Waals surface area (Å²) in [6.07, 6.45) is 1.32. The number of carboxylic acid groups (broad SMARTS) is 1. The summed E-state index contributed by atoms with van der Waals surface area (Å²) < 4.78 is -0.872. The van der Waals surface area contributed by atoms with Gasteiger partial charge in [0.05, 0.1) is 12.0 Å². The van der Waals surface area contributed by atoms with Gasteiger partial charge in [-0.2, -0.15) is 0 Å². The Morgan fingerprint density at radius 2 is 1.67 bits per heavy atom. The Labute approximate surface area is 324 Å². The number of phenols is 1. The first-order valence-electron chi connectivity index (χ1n) is 16.2. The number of likely N-dealkylation sites (tertiary alicyclic amines) is 1. The van der Waals surface area contributed by atoms with Crippen LogP contribution >= 0.6 is 11.8 Å². The van der Waals surface area contributed by atoms with Crippen LogP contribution in [0.5, 0.6) is 5.75 Å². The number of hydrogen-bond donors (Lipinski definition) is 5. The molecule has 1 aromatic heterocycles. The Bertz CT molecular complexity index is 1990. The first-order chi connectivity index (χ1) is 24.2. The van der Waals surface area contributed by atoms with Gasteiger partial charge in [-0.05, 0) is 74.2 Å². The molecule has 15 nitrogen and oxygen atoms in total. The summed E-state index contributed by atoms with van der Waals surface area (Å²) in [5.74, 6) is -4.23. The van der Waals surface area contributed by atoms with Crippen molar-refractivity contribution in [2.45, 2.75) is 67.9 Å². The minimum Gasteiger partial charge on any atom is -0.548 e. The summed E-state index contributed by atoms with van der Waals surface area (Å²) in [4.78, 5) is 94.9. The van der Waals surface area contributed by atoms with Gasteiger partial charge in [-0.1, -0.05) is 24.3 Å². The molecule has 0 aliphatic carbocycles. The molecule has 0 spiro atoms. The predicted octanol–water partition coefficient (Wildman–Crippen LogP) is -2.53. The number of phenolic OH excluding ortho intramolecular Hbond substituents is 1. The van der Waals surface area contributed by atoms with Crippen LogP contribution < -0.4 is 56.2 Å². The van der Waals surface area contributed by atoms with Crippen molar-refractivity contribution in [3.05, 3.63) is 82.1 Å². The van der Waals surface area contributed by atoms with Gasteiger partial charge in [-0.15, -0.1) is 11.8 Å². The molecule has 3 saturated heterocycles. The third-order valence-electron chi connectivity index (χ3n) is 9.30. The fraction of sp³-hybridized carbons (Fsp3) is 0.343. The number of benzene rings is 2. The van der Waals surface area contributed by atoms with Crippen molar-refractivity contribution in [2.75, 3.05) is 11.9 Å². The van der Waals surface area contributed by atoms with Gasteiger partial charge in [-0.3, -0.25) is 28.8 Å². The molecule has 17 heteroatoms. The van der Waals surface area contributed by atoms with Gasteiger partial charge in [0.25, 0.3) is 11.5 Å². The number of fused-ring (bicyclic) bond motifs is 1. The van der Waals surface area contributed by atoms with E-state index >= 15 is 0 Å². The largest absolute Gasteiger partial charge is 1.00 e. The molecule has 0 radical (unpaired) electrons. The van der Waals surface area contributed by atoms with Crippen LogP contribution in [0.2, 0.25) is 0 Å². The minimum atomic E-state index is -1.40. The van der Waals surface area contributed by atoms with Gasteiger partial charge in [0.15, 0.2) is 0 Å². The molecule has 0 saturated carbocycles. The Morgan fingerprint density at radius 3 is 2.29 bits per heavy atom. The minimum absolute atomic E-state index is 0. The Hall–Kier alpha value is -4.64. The fourth-order valence-corrected chi connectivity index (χ4v) is 8.36. The van der Waals surface area contributed by atoms with Crippen molar-refractivity contribution in [3.63, 3.8) is 0 Å². The number of rotatable bonds is 9. The molecule has 3 aliphatic heterocycles. The van der Waals surface area contributed by atoms with Crippen molar-refractivity contribution < 1.29 is 68.5 Å². The number of amides is 5. The second kappa shape index (κ2) is 15.1. The Balaban J connectivity index is 0.00000523. The molecule has 5 unspecified atom stereocenters. The number of carboxylic acids is 1. The maximum absolute atomic E-state index is 13.6. The van der Waals surface area contributed by atoms with Crippen LogP contribution in [0.15, 0.2) is 65.5 Å². The molecular formula is C35H35N6NaO9S. The summed E-state index contributed by atoms with van der Waals surface area (Å²) >= 11 is 1.21. The quantitative estimate of drug-likeness (QED) is 0.114. The van der Waals surface area contributed by atoms with Crippen LogP contribution in [0.25, 0.3) is 11.3 Å². The van der Waals surface area contributed by atoms with E-state index in [1.807, 2.05) is 0 Å². The molecular weight excluding hydrogens is 703 g/mol. The van der Waals surface area contributed by atoms with Crippen LogP contribution in [0.1, 0.15) is 55.6 Å². The van der Waals surface area contributed by atoms with Crippen LogP contribution in [0.4, 0.5) is 5.69 Å². The van der Waals surface area contributed by atoms with Crippen LogP contribution in [0.3, 0.4) is 0 Å². The average molecular weight is 739 g/mol. The van der Waals surface area contributed by atoms with E-state index in [1.165, 1.54) is 60.0 Å². The number of aromatic hydroxyl groups is 1. The van der Waals surface area contributed by atoms with Crippen molar-refractivity contribution >= 4 is 53.0 Å². The van der Waals surface area contributed by atoms with E-state index in [0.29, 0.717) is 29.9 Å². The Morgan fingerprint density at radius 1 is 1.00 bits per heavy atom. The van der Waals surface area contributed by atoms with Gasteiger partial charge in [0.1, 0.15) is 34.8 Å². The van der Waals surface area contributed by atoms with Crippen molar-refractivity contribution in [3.8, 4) is 17.0 Å². The number of aromatic nitrogens is 1. The third kappa shape index (κ3) is 7.46. The monoisotopic (exact) mass is 738 g/mol. The molecule has 5 amide bonds. The van der Waals surface area contributed by atoms with E-state index in [1.54, 1.807) is 43.0 Å². The smallest absolute Gasteiger partial charge is 0.548 e. The molecule has 52 heavy (non-hydrogen) atoms. The number of aromatic amines is 1. The Kier molecular flexibility index (Phi) is 11.2. The van der Waals surface area contributed by atoms with E-state index in [9.17, 15) is 43.8 Å². The van der Waals surface area contributed by atoms with Gasteiger partial charge in [0.2, 0.25) is 23.6 Å². The van der Waals surface area contributed by atoms with Crippen molar-refractivity contribution in [2.24, 2.45) is 0 Å². The second-order valence-corrected chi connectivity index (χ2v) is 14.9. The maximum atomic E-state index is 13.6. The number of carbonyl (C=O) groups excluding carboxylic acids is 6. The number of hydrogen-bond acceptors (Lipinski definition) is 10. The number of thioether (sulfide) groups is 1. The molecule has 2 aromatic carbocycles. The molecule has 3 aliphatic rings. The van der Waals surface area contributed by atoms with E-state index in [2.05, 4.69) is 20.9 Å². The van der Waals surface area contributed by atoms with Crippen molar-refractivity contribution in [1.29, 1.82) is 0 Å². The molecule has 266 valence electrons. The zero-order chi connectivity index (χ0) is 36.8. The van der Waals surface area contributed by atoms with E-state index in [-0.39, 0.29) is 58.2 Å². The molecule has 4 heterocycles. The average Bonchev–Trinajstić information content (AvgIpc) is 3.68. The van der Waals surface area contributed by atoms with Gasteiger partial charge >= 0.3 is 29.6 Å². The third-order valence-corrected chi connectivity index (χ3v) is 10.9. The van der Waals surface area contributed by atoms with Crippen LogP contribution in [-0.2, 0) is 24.0 Å². The fourth-order valence-electron chi connectivity index (χ4n) is 6.73. The molecule has 3 fully saturated rings. The van der Waals surface area contributed by atoms with E-state index < -0.39 is 63.5 Å². The number of carbonyl (C=O) groups is 6. The number of H-pyrrole nitrogens is 1. The van der Waals surface area contributed by atoms with Crippen LogP contribution in [0, 0.1) is 0 Å². The van der Waals surface area contributed by atoms with E-state index in [0.717, 1.165) is 6.42 Å². The van der Waals surface area contributed by atoms with Gasteiger partial charge in [-0.25, -0.2) is 0 Å². The van der Waals surface area contributed by atoms with Gasteiger partial charge < -0.3 is 45.7 Å². The summed E-state index contributed by atoms with van der Waals surface area (Å²) in [6, 6.07) is 10.7. The molecule has 6 rings (SSSR count). The molecule has 3 aromatic rings. The number of β-lactam (4-membered cyclic amide) rings is 1. The normalized spacial score (nSPS) is 21.9. The summed E-state index contributed by atoms with van der Waals surface area (Å²) in [7, 11) is 0. The van der Waals surface area contributed by atoms with Gasteiger partial charge in [0, 0.05) is 29.6 Å². The first kappa shape index (κ1) is 38.6. The summed E-state index contributed by atoms with van der Waals surface area (Å²) in [5.41, 5.74) is 0.651. The van der Waals surface area contributed by atoms with Crippen LogP contribution in [-0.4, -0.2) is 90.2 Å². The number of nitrogens with zero attached hydrogens (tertiary/aromatic N) is 2. The molecule has 5 N–H and O–H groups in total. The zero-order valence-electron chi connectivity index (χ0n) is 28.8. The molecule has 5 atom stereocenters. The number of aliphatic carboxylic acids is 1. The number of anilines is 1. The standard InChI is InChI=1S/C35H36N6O9S.Na/c1-17(42)40-16-4-5-24(40)30(46)36-20-10-6-18(7-11-20)23-15-14-22(28(44)37-23)29(45)38-25(19-8-12-21(43)13-9-19)31(47)39-26-32(48)41-27(34(49)50)35(2,3)51-33(26)41;/h6-15,24-27,33,43H,4-5,16H2,1-3H3,(H,36,46)(H,37,44)(H,38,45)(H,39,47)(H,49,50);/q;+1/p-1. The predicted molar refractivity (Wildman–Crippen MR) is 183 cm³/mol.